The lowest BCUT2D eigenvalue weighted by Gasteiger charge is -2.14. The number of para-hydroxylation sites is 5. The van der Waals surface area contributed by atoms with Gasteiger partial charge in [0, 0.05) is 22.5 Å². The Morgan fingerprint density at radius 2 is 1.24 bits per heavy atom. The van der Waals surface area contributed by atoms with Crippen LogP contribution < -0.4 is 0 Å². The third-order valence-corrected chi connectivity index (χ3v) is 7.00. The molecule has 0 amide bonds. The number of aromatic nitrogens is 5. The first-order valence-electron chi connectivity index (χ1n) is 12.1. The fraction of sp³-hybridized carbons (Fsp3) is 0. The second kappa shape index (κ2) is 7.45. The van der Waals surface area contributed by atoms with E-state index in [1.165, 1.54) is 6.07 Å². The minimum Gasteiger partial charge on any atom is -0.298 e. The SMILES string of the molecule is Fc1ccccc1-c1nc2ccccc2nc1-n1c2ccccc2c2ccn3c4ccccc4nc3c21. The third-order valence-electron chi connectivity index (χ3n) is 7.00. The number of hydrogen-bond donors (Lipinski definition) is 0. The van der Waals surface area contributed by atoms with Crippen molar-refractivity contribution in [3.05, 3.63) is 115 Å². The van der Waals surface area contributed by atoms with Gasteiger partial charge >= 0.3 is 0 Å². The van der Waals surface area contributed by atoms with Crippen LogP contribution in [0.1, 0.15) is 0 Å². The number of hydrogen-bond acceptors (Lipinski definition) is 3. The maximum atomic E-state index is 15.2. The highest BCUT2D eigenvalue weighted by Crippen LogP contribution is 2.38. The van der Waals surface area contributed by atoms with Gasteiger partial charge in [0.2, 0.25) is 0 Å². The van der Waals surface area contributed by atoms with Crippen LogP contribution in [0.4, 0.5) is 4.39 Å². The van der Waals surface area contributed by atoms with E-state index >= 15 is 4.39 Å². The van der Waals surface area contributed by atoms with E-state index < -0.39 is 0 Å². The molecule has 4 aromatic carbocycles. The second-order valence-corrected chi connectivity index (χ2v) is 9.09. The van der Waals surface area contributed by atoms with E-state index in [0.717, 1.165) is 44.0 Å². The van der Waals surface area contributed by atoms with Crippen LogP contribution in [-0.2, 0) is 0 Å². The molecule has 0 aliphatic heterocycles. The van der Waals surface area contributed by atoms with Gasteiger partial charge in [0.05, 0.1) is 33.1 Å². The molecule has 6 heteroatoms. The van der Waals surface area contributed by atoms with Gasteiger partial charge in [-0.3, -0.25) is 8.97 Å². The maximum Gasteiger partial charge on any atom is 0.165 e. The summed E-state index contributed by atoms with van der Waals surface area (Å²) in [5.74, 6) is 0.223. The first-order valence-corrected chi connectivity index (χ1v) is 12.1. The van der Waals surface area contributed by atoms with Crippen molar-refractivity contribution in [1.82, 2.24) is 23.9 Å². The Balaban J connectivity index is 1.62. The molecular weight excluding hydrogens is 461 g/mol. The Bertz CT molecular complexity index is 2170. The first-order chi connectivity index (χ1) is 18.3. The van der Waals surface area contributed by atoms with Gasteiger partial charge in [0.15, 0.2) is 11.5 Å². The first kappa shape index (κ1) is 20.1. The molecule has 0 aliphatic rings. The van der Waals surface area contributed by atoms with E-state index in [1.807, 2.05) is 60.7 Å². The molecule has 0 N–H and O–H groups in total. The fourth-order valence-electron chi connectivity index (χ4n) is 5.37. The average molecular weight is 480 g/mol. The average Bonchev–Trinajstić information content (AvgIpc) is 3.49. The highest BCUT2D eigenvalue weighted by Gasteiger charge is 2.23. The topological polar surface area (TPSA) is 48.0 Å². The van der Waals surface area contributed by atoms with Crippen molar-refractivity contribution in [2.75, 3.05) is 0 Å². The van der Waals surface area contributed by atoms with E-state index in [2.05, 4.69) is 39.4 Å². The molecule has 37 heavy (non-hydrogen) atoms. The van der Waals surface area contributed by atoms with E-state index in [4.69, 9.17) is 15.0 Å². The van der Waals surface area contributed by atoms with Gasteiger partial charge in [-0.15, -0.1) is 0 Å². The summed E-state index contributed by atoms with van der Waals surface area (Å²) >= 11 is 0. The molecule has 0 aliphatic carbocycles. The molecule has 4 aromatic heterocycles. The summed E-state index contributed by atoms with van der Waals surface area (Å²) in [6.07, 6.45) is 2.06. The Kier molecular flexibility index (Phi) is 4.05. The molecule has 0 spiro atoms. The van der Waals surface area contributed by atoms with E-state index in [0.29, 0.717) is 22.6 Å². The molecule has 0 saturated heterocycles. The third kappa shape index (κ3) is 2.81. The van der Waals surface area contributed by atoms with Crippen molar-refractivity contribution in [1.29, 1.82) is 0 Å². The van der Waals surface area contributed by atoms with Crippen molar-refractivity contribution in [2.24, 2.45) is 0 Å². The van der Waals surface area contributed by atoms with E-state index in [9.17, 15) is 0 Å². The number of benzene rings is 4. The standard InChI is InChI=1S/C31H18FN5/c32-22-11-3-1-10-21(22)28-30(34-24-13-5-4-12-23(24)33-28)37-26-15-7-2-9-19(26)20-17-18-36-27-16-8-6-14-25(27)35-31(36)29(20)37/h1-18H. The van der Waals surface area contributed by atoms with Gasteiger partial charge in [-0.25, -0.2) is 19.3 Å². The number of rotatable bonds is 2. The number of pyridine rings is 1. The molecule has 8 aromatic rings. The monoisotopic (exact) mass is 479 g/mol. The van der Waals surface area contributed by atoms with Gasteiger partial charge in [-0.2, -0.15) is 0 Å². The smallest absolute Gasteiger partial charge is 0.165 e. The predicted molar refractivity (Wildman–Crippen MR) is 146 cm³/mol. The van der Waals surface area contributed by atoms with Crippen LogP contribution >= 0.6 is 0 Å². The molecule has 0 radical (unpaired) electrons. The highest BCUT2D eigenvalue weighted by molar-refractivity contribution is 6.14. The second-order valence-electron chi connectivity index (χ2n) is 9.09. The molecule has 0 bridgehead atoms. The van der Waals surface area contributed by atoms with Crippen molar-refractivity contribution in [3.63, 3.8) is 0 Å². The lowest BCUT2D eigenvalue weighted by molar-refractivity contribution is 0.630. The van der Waals surface area contributed by atoms with Gasteiger partial charge in [-0.05, 0) is 48.5 Å². The molecular formula is C31H18FN5. The molecule has 0 saturated carbocycles. The van der Waals surface area contributed by atoms with E-state index in [-0.39, 0.29) is 5.82 Å². The summed E-state index contributed by atoms with van der Waals surface area (Å²) in [5.41, 5.74) is 6.94. The predicted octanol–water partition coefficient (Wildman–Crippen LogP) is 7.33. The molecule has 0 unspecified atom stereocenters. The van der Waals surface area contributed by atoms with Gasteiger partial charge < -0.3 is 0 Å². The molecule has 0 fully saturated rings. The van der Waals surface area contributed by atoms with Crippen molar-refractivity contribution in [3.8, 4) is 17.1 Å². The Labute approximate surface area is 210 Å². The Morgan fingerprint density at radius 1 is 0.568 bits per heavy atom. The minimum atomic E-state index is -0.342. The molecule has 0 atom stereocenters. The van der Waals surface area contributed by atoms with Crippen LogP contribution in [0.2, 0.25) is 0 Å². The van der Waals surface area contributed by atoms with Crippen LogP contribution in [0, 0.1) is 5.82 Å². The molecule has 5 nitrogen and oxygen atoms in total. The van der Waals surface area contributed by atoms with Gasteiger partial charge in [0.1, 0.15) is 11.5 Å². The molecule has 4 heterocycles. The lowest BCUT2D eigenvalue weighted by atomic mass is 10.1. The zero-order chi connectivity index (χ0) is 24.5. The van der Waals surface area contributed by atoms with Crippen LogP contribution in [-0.4, -0.2) is 23.9 Å². The summed E-state index contributed by atoms with van der Waals surface area (Å²) in [6.45, 7) is 0. The fourth-order valence-corrected chi connectivity index (χ4v) is 5.37. The molecule has 174 valence electrons. The number of imidazole rings is 1. The lowest BCUT2D eigenvalue weighted by Crippen LogP contribution is -2.05. The van der Waals surface area contributed by atoms with Gasteiger partial charge in [-0.1, -0.05) is 54.6 Å². The van der Waals surface area contributed by atoms with Crippen LogP contribution in [0.15, 0.2) is 109 Å². The highest BCUT2D eigenvalue weighted by atomic mass is 19.1. The zero-order valence-corrected chi connectivity index (χ0v) is 19.5. The minimum absolute atomic E-state index is 0.342. The Hall–Kier alpha value is -5.10. The zero-order valence-electron chi connectivity index (χ0n) is 19.5. The molecule has 8 rings (SSSR count). The number of halogens is 1. The van der Waals surface area contributed by atoms with Crippen LogP contribution in [0.5, 0.6) is 0 Å². The quantitative estimate of drug-likeness (QED) is 0.261. The Morgan fingerprint density at radius 3 is 2.08 bits per heavy atom. The van der Waals surface area contributed by atoms with Crippen LogP contribution in [0.25, 0.3) is 66.6 Å². The summed E-state index contributed by atoms with van der Waals surface area (Å²) in [7, 11) is 0. The maximum absolute atomic E-state index is 15.2. The summed E-state index contributed by atoms with van der Waals surface area (Å²) < 4.78 is 19.4. The normalized spacial score (nSPS) is 11.9. The largest absolute Gasteiger partial charge is 0.298 e. The van der Waals surface area contributed by atoms with Gasteiger partial charge in [0.25, 0.3) is 0 Å². The number of fused-ring (bicyclic) bond motifs is 8. The van der Waals surface area contributed by atoms with Crippen molar-refractivity contribution < 1.29 is 4.39 Å². The van der Waals surface area contributed by atoms with Crippen LogP contribution in [0.3, 0.4) is 0 Å². The van der Waals surface area contributed by atoms with Crippen molar-refractivity contribution in [2.45, 2.75) is 0 Å². The summed E-state index contributed by atoms with van der Waals surface area (Å²) in [4.78, 5) is 15.1. The van der Waals surface area contributed by atoms with Crippen molar-refractivity contribution >= 4 is 49.5 Å². The number of nitrogens with zero attached hydrogens (tertiary/aromatic N) is 5. The summed E-state index contributed by atoms with van der Waals surface area (Å²) in [5, 5.41) is 2.12. The summed E-state index contributed by atoms with van der Waals surface area (Å²) in [6, 6.07) is 32.8. The van der Waals surface area contributed by atoms with E-state index in [1.54, 1.807) is 12.1 Å².